The quantitative estimate of drug-likeness (QED) is 0.0206. The molecule has 0 saturated heterocycles. The average molecular weight is 697 g/mol. The molecule has 0 bridgehead atoms. The number of hydrogen-bond acceptors (Lipinski definition) is 7. The first kappa shape index (κ1) is 45.7. The van der Waals surface area contributed by atoms with E-state index in [1.54, 1.807) is 0 Å². The van der Waals surface area contributed by atoms with Crippen molar-refractivity contribution in [3.05, 3.63) is 60.8 Å². The number of aliphatic hydroxyl groups excluding tert-OH is 1. The van der Waals surface area contributed by atoms with E-state index in [2.05, 4.69) is 23.6 Å². The third-order valence-electron chi connectivity index (χ3n) is 7.38. The van der Waals surface area contributed by atoms with Gasteiger partial charge in [0.2, 0.25) is 0 Å². The van der Waals surface area contributed by atoms with Crippen molar-refractivity contribution in [2.45, 2.75) is 154 Å². The van der Waals surface area contributed by atoms with Crippen LogP contribution in [-0.2, 0) is 28.2 Å². The molecule has 0 spiro atoms. The van der Waals surface area contributed by atoms with Crippen LogP contribution in [0.5, 0.6) is 0 Å². The fraction of sp³-hybridized carbons (Fsp3) is 0.684. The lowest BCUT2D eigenvalue weighted by atomic mass is 10.0. The fourth-order valence-electron chi connectivity index (χ4n) is 4.66. The minimum absolute atomic E-state index is 0.115. The molecule has 0 rings (SSSR count). The molecule has 0 aliphatic heterocycles. The van der Waals surface area contributed by atoms with Crippen LogP contribution in [0.1, 0.15) is 142 Å². The minimum Gasteiger partial charge on any atom is -0.462 e. The second-order valence-corrected chi connectivity index (χ2v) is 13.3. The zero-order chi connectivity index (χ0) is 35.6. The van der Waals surface area contributed by atoms with E-state index >= 15 is 0 Å². The van der Waals surface area contributed by atoms with Crippen LogP contribution in [0.3, 0.4) is 0 Å². The normalized spacial score (nSPS) is 13.9. The number of carbonyl (C=O) groups excluding carboxylic acids is 2. The van der Waals surface area contributed by atoms with Crippen molar-refractivity contribution in [2.75, 3.05) is 13.2 Å². The molecule has 0 heterocycles. The minimum atomic E-state index is -4.77. The van der Waals surface area contributed by atoms with E-state index in [0.29, 0.717) is 25.7 Å². The van der Waals surface area contributed by atoms with Crippen LogP contribution in [0.2, 0.25) is 0 Å². The summed E-state index contributed by atoms with van der Waals surface area (Å²) >= 11 is 0. The summed E-state index contributed by atoms with van der Waals surface area (Å²) in [6.07, 6.45) is 37.2. The molecular weight excluding hydrogens is 631 g/mol. The number of aliphatic hydroxyl groups is 1. The fourth-order valence-corrected chi connectivity index (χ4v) is 5.02. The van der Waals surface area contributed by atoms with Gasteiger partial charge in [0.25, 0.3) is 0 Å². The number of carbonyl (C=O) groups is 2. The lowest BCUT2D eigenvalue weighted by molar-refractivity contribution is -0.161. The Morgan fingerprint density at radius 1 is 0.667 bits per heavy atom. The highest BCUT2D eigenvalue weighted by molar-refractivity contribution is 7.46. The number of phosphoric acid groups is 1. The molecule has 0 amide bonds. The molecular formula is C38H65O9P. The standard InChI is InChI=1S/C38H65O9P/c1-3-5-7-8-9-10-11-15-18-21-24-27-31-37(40)45-33-36(34-46-48(42,43)44)47-38(41)32-28-25-22-19-16-13-12-14-17-20-23-26-30-35(39)29-6-4-2/h6,12-13,17,19-20,22-23,26,29,35-36,39H,3-5,7-11,14-16,18,21,24-25,27-28,30-34H2,1-2H3,(H2,42,43,44)/b13-12-,20-17-,22-19-,26-23+,29-6-/t35?,36-/m1/s1. The van der Waals surface area contributed by atoms with Crippen LogP contribution in [0, 0.1) is 0 Å². The highest BCUT2D eigenvalue weighted by Gasteiger charge is 2.22. The second kappa shape index (κ2) is 33.2. The van der Waals surface area contributed by atoms with Gasteiger partial charge < -0.3 is 24.4 Å². The summed E-state index contributed by atoms with van der Waals surface area (Å²) < 4.78 is 26.2. The van der Waals surface area contributed by atoms with E-state index in [1.807, 2.05) is 55.5 Å². The van der Waals surface area contributed by atoms with Gasteiger partial charge in [-0.2, -0.15) is 0 Å². The zero-order valence-corrected chi connectivity index (χ0v) is 30.6. The molecule has 0 aromatic rings. The number of ether oxygens (including phenoxy) is 2. The summed E-state index contributed by atoms with van der Waals surface area (Å²) in [4.78, 5) is 42.6. The Morgan fingerprint density at radius 3 is 1.85 bits per heavy atom. The third-order valence-corrected chi connectivity index (χ3v) is 7.86. The predicted octanol–water partition coefficient (Wildman–Crippen LogP) is 9.53. The van der Waals surface area contributed by atoms with Crippen molar-refractivity contribution in [3.8, 4) is 0 Å². The molecule has 0 radical (unpaired) electrons. The van der Waals surface area contributed by atoms with Gasteiger partial charge in [-0.15, -0.1) is 0 Å². The molecule has 2 atom stereocenters. The number of unbranched alkanes of at least 4 members (excludes halogenated alkanes) is 12. The molecule has 0 aliphatic carbocycles. The zero-order valence-electron chi connectivity index (χ0n) is 29.7. The Kier molecular flexibility index (Phi) is 31.6. The van der Waals surface area contributed by atoms with E-state index < -0.39 is 38.6 Å². The lowest BCUT2D eigenvalue weighted by Gasteiger charge is -2.18. The first-order valence-corrected chi connectivity index (χ1v) is 19.7. The molecule has 1 unspecified atom stereocenters. The van der Waals surface area contributed by atoms with Crippen LogP contribution in [0.4, 0.5) is 0 Å². The van der Waals surface area contributed by atoms with Crippen molar-refractivity contribution in [1.29, 1.82) is 0 Å². The molecule has 10 heteroatoms. The molecule has 9 nitrogen and oxygen atoms in total. The molecule has 0 aromatic heterocycles. The van der Waals surface area contributed by atoms with Crippen LogP contribution >= 0.6 is 7.82 Å². The molecule has 276 valence electrons. The average Bonchev–Trinajstić information content (AvgIpc) is 3.05. The van der Waals surface area contributed by atoms with Crippen molar-refractivity contribution >= 4 is 19.8 Å². The van der Waals surface area contributed by atoms with Gasteiger partial charge in [-0.1, -0.05) is 145 Å². The Labute approximate surface area is 290 Å². The Morgan fingerprint density at radius 2 is 1.23 bits per heavy atom. The summed E-state index contributed by atoms with van der Waals surface area (Å²) in [6, 6.07) is 0. The van der Waals surface area contributed by atoms with Crippen LogP contribution in [0.25, 0.3) is 0 Å². The van der Waals surface area contributed by atoms with Gasteiger partial charge in [0.15, 0.2) is 6.10 Å². The Bertz CT molecular complexity index is 981. The van der Waals surface area contributed by atoms with E-state index in [0.717, 1.165) is 38.5 Å². The Balaban J connectivity index is 4.15. The van der Waals surface area contributed by atoms with Crippen molar-refractivity contribution in [2.24, 2.45) is 0 Å². The first-order chi connectivity index (χ1) is 23.2. The van der Waals surface area contributed by atoms with Gasteiger partial charge in [0, 0.05) is 12.8 Å². The van der Waals surface area contributed by atoms with Crippen molar-refractivity contribution in [1.82, 2.24) is 0 Å². The second-order valence-electron chi connectivity index (χ2n) is 12.0. The smallest absolute Gasteiger partial charge is 0.462 e. The van der Waals surface area contributed by atoms with E-state index in [4.69, 9.17) is 19.3 Å². The first-order valence-electron chi connectivity index (χ1n) is 18.2. The third kappa shape index (κ3) is 35.0. The van der Waals surface area contributed by atoms with Gasteiger partial charge in [0.05, 0.1) is 12.7 Å². The van der Waals surface area contributed by atoms with E-state index in [1.165, 1.54) is 51.4 Å². The lowest BCUT2D eigenvalue weighted by Crippen LogP contribution is -2.29. The topological polar surface area (TPSA) is 140 Å². The predicted molar refractivity (Wildman–Crippen MR) is 194 cm³/mol. The maximum atomic E-state index is 12.3. The highest BCUT2D eigenvalue weighted by Crippen LogP contribution is 2.35. The van der Waals surface area contributed by atoms with E-state index in [9.17, 15) is 19.3 Å². The maximum Gasteiger partial charge on any atom is 0.469 e. The van der Waals surface area contributed by atoms with Gasteiger partial charge in [0.1, 0.15) is 6.61 Å². The molecule has 0 aromatic carbocycles. The SMILES string of the molecule is CC/C=C\C(O)C/C=C/C=C\C/C=C\C/C=C\CCCC(=O)O[C@H](COC(=O)CCCCCCCCCCCCCC)COP(=O)(O)O. The summed E-state index contributed by atoms with van der Waals surface area (Å²) in [5.41, 5.74) is 0. The number of phosphoric ester groups is 1. The molecule has 0 fully saturated rings. The van der Waals surface area contributed by atoms with Gasteiger partial charge in [-0.3, -0.25) is 14.1 Å². The molecule has 48 heavy (non-hydrogen) atoms. The van der Waals surface area contributed by atoms with Crippen LogP contribution in [-0.4, -0.2) is 52.3 Å². The monoisotopic (exact) mass is 696 g/mol. The largest absolute Gasteiger partial charge is 0.469 e. The van der Waals surface area contributed by atoms with Crippen molar-refractivity contribution < 1.29 is 43.0 Å². The van der Waals surface area contributed by atoms with Crippen molar-refractivity contribution in [3.63, 3.8) is 0 Å². The van der Waals surface area contributed by atoms with E-state index in [-0.39, 0.29) is 19.4 Å². The number of allylic oxidation sites excluding steroid dienone is 8. The van der Waals surface area contributed by atoms with Gasteiger partial charge in [-0.05, 0) is 44.9 Å². The number of esters is 2. The summed E-state index contributed by atoms with van der Waals surface area (Å²) in [6.45, 7) is 3.37. The summed E-state index contributed by atoms with van der Waals surface area (Å²) in [5.74, 6) is -0.981. The highest BCUT2D eigenvalue weighted by atomic mass is 31.2. The molecule has 0 saturated carbocycles. The van der Waals surface area contributed by atoms with Crippen LogP contribution < -0.4 is 0 Å². The van der Waals surface area contributed by atoms with Gasteiger partial charge in [-0.25, -0.2) is 4.57 Å². The summed E-state index contributed by atoms with van der Waals surface area (Å²) in [5, 5.41) is 9.72. The Hall–Kier alpha value is -2.29. The summed E-state index contributed by atoms with van der Waals surface area (Å²) in [7, 11) is -4.77. The van der Waals surface area contributed by atoms with Crippen LogP contribution in [0.15, 0.2) is 60.8 Å². The number of hydrogen-bond donors (Lipinski definition) is 3. The maximum absolute atomic E-state index is 12.3. The molecule has 3 N–H and O–H groups in total. The number of rotatable bonds is 32. The van der Waals surface area contributed by atoms with Gasteiger partial charge >= 0.3 is 19.8 Å². The molecule has 0 aliphatic rings.